The van der Waals surface area contributed by atoms with Gasteiger partial charge >= 0.3 is 10.0 Å². The van der Waals surface area contributed by atoms with E-state index in [9.17, 15) is 23.3 Å². The van der Waals surface area contributed by atoms with Gasteiger partial charge in [0.25, 0.3) is 0 Å². The zero-order chi connectivity index (χ0) is 26.2. The minimum absolute atomic E-state index is 0.0565. The van der Waals surface area contributed by atoms with Gasteiger partial charge in [-0.3, -0.25) is 9.79 Å². The predicted molar refractivity (Wildman–Crippen MR) is 136 cm³/mol. The summed E-state index contributed by atoms with van der Waals surface area (Å²) in [5.74, 6) is -0.919. The molecule has 0 aromatic heterocycles. The van der Waals surface area contributed by atoms with Crippen LogP contribution in [0.3, 0.4) is 0 Å². The molecular formula is C22H33N7O5S. The Hall–Kier alpha value is -3.61. The van der Waals surface area contributed by atoms with E-state index in [1.807, 2.05) is 32.0 Å². The van der Waals surface area contributed by atoms with Crippen LogP contribution in [-0.4, -0.2) is 63.0 Å². The Kier molecular flexibility index (Phi) is 9.63. The number of benzene rings is 2. The smallest absolute Gasteiger partial charge is 0.314 e. The summed E-state index contributed by atoms with van der Waals surface area (Å²) in [6, 6.07) is 8.06. The van der Waals surface area contributed by atoms with Crippen molar-refractivity contribution in [1.82, 2.24) is 9.73 Å². The molecule has 0 saturated carbocycles. The molecule has 35 heavy (non-hydrogen) atoms. The lowest BCUT2D eigenvalue weighted by Gasteiger charge is -2.24. The van der Waals surface area contributed by atoms with Crippen LogP contribution in [0, 0.1) is 10.1 Å². The van der Waals surface area contributed by atoms with E-state index in [1.165, 1.54) is 12.1 Å². The molecule has 0 bridgehead atoms. The molecule has 0 unspecified atom stereocenters. The molecule has 0 radical (unpaired) electrons. The molecule has 192 valence electrons. The van der Waals surface area contributed by atoms with Gasteiger partial charge in [0.2, 0.25) is 5.91 Å². The maximum atomic E-state index is 13.7. The quantitative estimate of drug-likeness (QED) is 0.120. The third-order valence-corrected chi connectivity index (χ3v) is 7.15. The monoisotopic (exact) mass is 507 g/mol. The molecule has 5 N–H and O–H groups in total. The molecule has 2 rings (SSSR count). The molecular weight excluding hydrogens is 474 g/mol. The number of hydrazine groups is 1. The Morgan fingerprint density at radius 2 is 1.80 bits per heavy atom. The van der Waals surface area contributed by atoms with Gasteiger partial charge in [0, 0.05) is 48.1 Å². The number of guanidine groups is 1. The number of fused-ring (bicyclic) bond motifs is 1. The standard InChI is InChI=1S/C22H33N7O5S/c1-4-5-14-25-21(30)19(12-8-15-26-22(23)24)28(29(31)32)35(33,34)20-13-7-9-16-17(20)10-6-11-18(16)27(2)3/h6-7,9-11,13,19H,4-5,8,12,14-15H2,1-3H3,(H,25,30)(H4,23,24,26)/t19-/m0/s1. The van der Waals surface area contributed by atoms with Crippen molar-refractivity contribution >= 4 is 38.3 Å². The van der Waals surface area contributed by atoms with Gasteiger partial charge in [0.15, 0.2) is 17.0 Å². The normalized spacial score (nSPS) is 12.1. The van der Waals surface area contributed by atoms with Crippen molar-refractivity contribution in [3.63, 3.8) is 0 Å². The Balaban J connectivity index is 2.58. The van der Waals surface area contributed by atoms with E-state index >= 15 is 0 Å². The van der Waals surface area contributed by atoms with Crippen molar-refractivity contribution in [2.45, 2.75) is 43.5 Å². The fraction of sp³-hybridized carbons (Fsp3) is 0.455. The minimum atomic E-state index is -4.73. The van der Waals surface area contributed by atoms with Crippen molar-refractivity contribution in [1.29, 1.82) is 0 Å². The number of anilines is 1. The van der Waals surface area contributed by atoms with Gasteiger partial charge in [-0.15, -0.1) is 0 Å². The summed E-state index contributed by atoms with van der Waals surface area (Å²) in [6.45, 7) is 2.29. The molecule has 1 atom stereocenters. The second kappa shape index (κ2) is 12.2. The second-order valence-electron chi connectivity index (χ2n) is 8.15. The summed E-state index contributed by atoms with van der Waals surface area (Å²) in [6.07, 6.45) is 1.44. The van der Waals surface area contributed by atoms with Crippen LogP contribution in [-0.2, 0) is 14.8 Å². The van der Waals surface area contributed by atoms with Crippen molar-refractivity contribution in [2.24, 2.45) is 16.5 Å². The van der Waals surface area contributed by atoms with Gasteiger partial charge in [-0.1, -0.05) is 37.6 Å². The predicted octanol–water partition coefficient (Wildman–Crippen LogP) is 1.43. The van der Waals surface area contributed by atoms with Crippen LogP contribution in [0.2, 0.25) is 0 Å². The van der Waals surface area contributed by atoms with Crippen LogP contribution >= 0.6 is 0 Å². The maximum Gasteiger partial charge on any atom is 0.314 e. The van der Waals surface area contributed by atoms with E-state index < -0.39 is 27.0 Å². The van der Waals surface area contributed by atoms with Crippen LogP contribution in [0.25, 0.3) is 10.8 Å². The van der Waals surface area contributed by atoms with Crippen molar-refractivity contribution in [3.05, 3.63) is 46.5 Å². The molecule has 13 heteroatoms. The fourth-order valence-electron chi connectivity index (χ4n) is 3.69. The Bertz CT molecular complexity index is 1180. The van der Waals surface area contributed by atoms with E-state index in [1.54, 1.807) is 18.2 Å². The fourth-order valence-corrected chi connectivity index (χ4v) is 5.31. The lowest BCUT2D eigenvalue weighted by molar-refractivity contribution is -0.625. The third kappa shape index (κ3) is 6.72. The lowest BCUT2D eigenvalue weighted by atomic mass is 10.1. The number of rotatable bonds is 13. The summed E-state index contributed by atoms with van der Waals surface area (Å²) in [5.41, 5.74) is 11.4. The number of aliphatic imine (C=N–C) groups is 1. The third-order valence-electron chi connectivity index (χ3n) is 5.35. The average Bonchev–Trinajstić information content (AvgIpc) is 2.79. The summed E-state index contributed by atoms with van der Waals surface area (Å²) in [4.78, 5) is 30.5. The van der Waals surface area contributed by atoms with Gasteiger partial charge in [-0.25, -0.2) is 10.1 Å². The number of amides is 1. The molecule has 0 aliphatic carbocycles. The van der Waals surface area contributed by atoms with Gasteiger partial charge in [0.05, 0.1) is 0 Å². The van der Waals surface area contributed by atoms with Crippen LogP contribution in [0.4, 0.5) is 5.69 Å². The molecule has 2 aromatic carbocycles. The number of carbonyl (C=O) groups excluding carboxylic acids is 1. The topological polar surface area (TPSA) is 177 Å². The van der Waals surface area contributed by atoms with Gasteiger partial charge in [-0.05, 0) is 31.4 Å². The SMILES string of the molecule is CCCCNC(=O)[C@H](CCCN=C(N)N)N([N+](=O)[O-])S(=O)(=O)c1cccc2c(N(C)C)cccc12. The number of nitrogens with two attached hydrogens (primary N) is 2. The first kappa shape index (κ1) is 27.6. The minimum Gasteiger partial charge on any atom is -0.377 e. The number of nitro groups is 1. The summed E-state index contributed by atoms with van der Waals surface area (Å²) in [5, 5.41) is 14.6. The zero-order valence-corrected chi connectivity index (χ0v) is 21.0. The molecule has 12 nitrogen and oxygen atoms in total. The van der Waals surface area contributed by atoms with E-state index in [0.717, 1.165) is 12.1 Å². The molecule has 0 spiro atoms. The lowest BCUT2D eigenvalue weighted by Crippen LogP contribution is -2.52. The highest BCUT2D eigenvalue weighted by molar-refractivity contribution is 7.89. The first-order valence-electron chi connectivity index (χ1n) is 11.2. The number of sulfonamides is 1. The average molecular weight is 508 g/mol. The van der Waals surface area contributed by atoms with Crippen LogP contribution < -0.4 is 21.7 Å². The highest BCUT2D eigenvalue weighted by Gasteiger charge is 2.44. The molecule has 1 amide bonds. The first-order chi connectivity index (χ1) is 16.5. The van der Waals surface area contributed by atoms with Gasteiger partial charge in [0.1, 0.15) is 4.90 Å². The summed E-state index contributed by atoms with van der Waals surface area (Å²) < 4.78 is 27.5. The van der Waals surface area contributed by atoms with Crippen LogP contribution in [0.15, 0.2) is 46.3 Å². The number of carbonyl (C=O) groups is 1. The summed E-state index contributed by atoms with van der Waals surface area (Å²) in [7, 11) is -1.10. The Labute approximate surface area is 205 Å². The number of nitrogens with zero attached hydrogens (tertiary/aromatic N) is 4. The van der Waals surface area contributed by atoms with E-state index in [4.69, 9.17) is 11.5 Å². The first-order valence-corrected chi connectivity index (χ1v) is 12.7. The Morgan fingerprint density at radius 3 is 2.40 bits per heavy atom. The maximum absolute atomic E-state index is 13.7. The van der Waals surface area contributed by atoms with Crippen LogP contribution in [0.5, 0.6) is 0 Å². The van der Waals surface area contributed by atoms with Gasteiger partial charge in [-0.2, -0.15) is 8.42 Å². The highest BCUT2D eigenvalue weighted by atomic mass is 32.2. The van der Waals surface area contributed by atoms with Gasteiger partial charge < -0.3 is 21.7 Å². The molecule has 0 aliphatic rings. The van der Waals surface area contributed by atoms with E-state index in [0.29, 0.717) is 17.2 Å². The second-order valence-corrected chi connectivity index (χ2v) is 9.91. The molecule has 0 heterocycles. The van der Waals surface area contributed by atoms with Crippen molar-refractivity contribution < 1.29 is 18.2 Å². The van der Waals surface area contributed by atoms with Crippen LogP contribution in [0.1, 0.15) is 32.6 Å². The van der Waals surface area contributed by atoms with E-state index in [2.05, 4.69) is 10.3 Å². The zero-order valence-electron chi connectivity index (χ0n) is 20.2. The molecule has 0 aliphatic heterocycles. The number of unbranched alkanes of at least 4 members (excludes halogenated alkanes) is 1. The molecule has 0 fully saturated rings. The van der Waals surface area contributed by atoms with Crippen molar-refractivity contribution in [2.75, 3.05) is 32.1 Å². The Morgan fingerprint density at radius 1 is 1.14 bits per heavy atom. The number of hydrogen-bond donors (Lipinski definition) is 3. The molecule has 0 saturated heterocycles. The summed E-state index contributed by atoms with van der Waals surface area (Å²) >= 11 is 0. The van der Waals surface area contributed by atoms with E-state index in [-0.39, 0.29) is 41.2 Å². The highest BCUT2D eigenvalue weighted by Crippen LogP contribution is 2.32. The number of hydrogen-bond acceptors (Lipinski definition) is 7. The molecule has 2 aromatic rings. The largest absolute Gasteiger partial charge is 0.377 e. The van der Waals surface area contributed by atoms with Crippen molar-refractivity contribution in [3.8, 4) is 0 Å². The number of nitrogens with one attached hydrogen (secondary N) is 1.